The molecule has 0 radical (unpaired) electrons. The molecule has 144 valence electrons. The Kier molecular flexibility index (Phi) is 7.91. The van der Waals surface area contributed by atoms with E-state index in [2.05, 4.69) is 59.5 Å². The molecule has 0 spiro atoms. The standard InChI is InChI=1S/C24H31NO2/c26-24(14-8-19-27-20-17-22-11-5-2-6-12-22)25-18-7-13-23(25)16-15-21-9-3-1-4-10-21/h1-6,9-12,23H,7-8,13-20H2. The van der Waals surface area contributed by atoms with Crippen molar-refractivity contribution in [2.75, 3.05) is 19.8 Å². The minimum absolute atomic E-state index is 0.303. The summed E-state index contributed by atoms with van der Waals surface area (Å²) in [6.45, 7) is 2.32. The molecule has 1 heterocycles. The Hall–Kier alpha value is -2.13. The summed E-state index contributed by atoms with van der Waals surface area (Å²) in [5.41, 5.74) is 2.66. The number of hydrogen-bond acceptors (Lipinski definition) is 2. The van der Waals surface area contributed by atoms with Gasteiger partial charge in [0.05, 0.1) is 6.61 Å². The molecule has 0 saturated carbocycles. The second-order valence-electron chi connectivity index (χ2n) is 7.36. The number of carbonyl (C=O) groups excluding carboxylic acids is 1. The summed E-state index contributed by atoms with van der Waals surface area (Å²) in [6, 6.07) is 21.4. The summed E-state index contributed by atoms with van der Waals surface area (Å²) in [4.78, 5) is 14.7. The number of benzene rings is 2. The van der Waals surface area contributed by atoms with E-state index >= 15 is 0 Å². The molecular formula is C24H31NO2. The summed E-state index contributed by atoms with van der Waals surface area (Å²) in [5.74, 6) is 0.303. The van der Waals surface area contributed by atoms with Crippen molar-refractivity contribution in [2.24, 2.45) is 0 Å². The Balaban J connectivity index is 1.31. The number of carbonyl (C=O) groups is 1. The molecule has 0 aromatic heterocycles. The molecule has 1 fully saturated rings. The zero-order valence-corrected chi connectivity index (χ0v) is 16.2. The van der Waals surface area contributed by atoms with Gasteiger partial charge >= 0.3 is 0 Å². The molecule has 1 amide bonds. The highest BCUT2D eigenvalue weighted by Crippen LogP contribution is 2.23. The normalized spacial score (nSPS) is 16.6. The highest BCUT2D eigenvalue weighted by Gasteiger charge is 2.27. The van der Waals surface area contributed by atoms with E-state index in [1.807, 2.05) is 6.07 Å². The highest BCUT2D eigenvalue weighted by atomic mass is 16.5. The van der Waals surface area contributed by atoms with Gasteiger partial charge in [0, 0.05) is 25.6 Å². The maximum atomic E-state index is 12.6. The first-order valence-electron chi connectivity index (χ1n) is 10.3. The van der Waals surface area contributed by atoms with E-state index in [0.717, 1.165) is 51.7 Å². The maximum absolute atomic E-state index is 12.6. The number of ether oxygens (including phenoxy) is 1. The van der Waals surface area contributed by atoms with Crippen molar-refractivity contribution in [2.45, 2.75) is 51.0 Å². The summed E-state index contributed by atoms with van der Waals surface area (Å²) >= 11 is 0. The molecule has 2 aromatic rings. The van der Waals surface area contributed by atoms with Gasteiger partial charge in [-0.1, -0.05) is 60.7 Å². The Labute approximate surface area is 163 Å². The van der Waals surface area contributed by atoms with Gasteiger partial charge in [-0.05, 0) is 49.7 Å². The number of amides is 1. The molecule has 27 heavy (non-hydrogen) atoms. The fourth-order valence-corrected chi connectivity index (χ4v) is 3.85. The van der Waals surface area contributed by atoms with Gasteiger partial charge in [0.1, 0.15) is 0 Å². The molecule has 1 aliphatic rings. The minimum atomic E-state index is 0.303. The Morgan fingerprint density at radius 1 is 0.926 bits per heavy atom. The molecule has 0 N–H and O–H groups in total. The van der Waals surface area contributed by atoms with Crippen LogP contribution in [-0.2, 0) is 22.4 Å². The molecular weight excluding hydrogens is 334 g/mol. The molecule has 1 unspecified atom stereocenters. The van der Waals surface area contributed by atoms with Crippen LogP contribution in [0.5, 0.6) is 0 Å². The fraction of sp³-hybridized carbons (Fsp3) is 0.458. The summed E-state index contributed by atoms with van der Waals surface area (Å²) in [7, 11) is 0. The van der Waals surface area contributed by atoms with E-state index in [9.17, 15) is 4.79 Å². The minimum Gasteiger partial charge on any atom is -0.381 e. The average Bonchev–Trinajstić information content (AvgIpc) is 3.19. The third kappa shape index (κ3) is 6.51. The van der Waals surface area contributed by atoms with Crippen molar-refractivity contribution in [3.05, 3.63) is 71.8 Å². The zero-order valence-electron chi connectivity index (χ0n) is 16.2. The molecule has 1 saturated heterocycles. The first-order chi connectivity index (χ1) is 13.3. The quantitative estimate of drug-likeness (QED) is 0.574. The van der Waals surface area contributed by atoms with E-state index in [4.69, 9.17) is 4.74 Å². The van der Waals surface area contributed by atoms with Crippen molar-refractivity contribution < 1.29 is 9.53 Å². The van der Waals surface area contributed by atoms with Gasteiger partial charge in [0.2, 0.25) is 5.91 Å². The van der Waals surface area contributed by atoms with Crippen molar-refractivity contribution in [3.8, 4) is 0 Å². The number of likely N-dealkylation sites (tertiary alicyclic amines) is 1. The van der Waals surface area contributed by atoms with Crippen LogP contribution in [0.4, 0.5) is 0 Å². The molecule has 2 aromatic carbocycles. The molecule has 1 aliphatic heterocycles. The second-order valence-corrected chi connectivity index (χ2v) is 7.36. The molecule has 3 rings (SSSR count). The van der Waals surface area contributed by atoms with Crippen LogP contribution in [0.3, 0.4) is 0 Å². The Morgan fingerprint density at radius 2 is 1.59 bits per heavy atom. The van der Waals surface area contributed by atoms with E-state index in [1.165, 1.54) is 11.1 Å². The monoisotopic (exact) mass is 365 g/mol. The van der Waals surface area contributed by atoms with Crippen molar-refractivity contribution in [1.29, 1.82) is 0 Å². The third-order valence-corrected chi connectivity index (χ3v) is 5.36. The van der Waals surface area contributed by atoms with Crippen LogP contribution in [0.15, 0.2) is 60.7 Å². The first kappa shape index (κ1) is 19.6. The van der Waals surface area contributed by atoms with Gasteiger partial charge in [-0.15, -0.1) is 0 Å². The van der Waals surface area contributed by atoms with Crippen LogP contribution >= 0.6 is 0 Å². The lowest BCUT2D eigenvalue weighted by molar-refractivity contribution is -0.132. The number of hydrogen-bond donors (Lipinski definition) is 0. The van der Waals surface area contributed by atoms with E-state index in [1.54, 1.807) is 0 Å². The fourth-order valence-electron chi connectivity index (χ4n) is 3.85. The van der Waals surface area contributed by atoms with Gasteiger partial charge < -0.3 is 9.64 Å². The van der Waals surface area contributed by atoms with Gasteiger partial charge in [-0.25, -0.2) is 0 Å². The van der Waals surface area contributed by atoms with Crippen LogP contribution in [0.1, 0.15) is 43.2 Å². The average molecular weight is 366 g/mol. The SMILES string of the molecule is O=C(CCCOCCc1ccccc1)N1CCCC1CCc1ccccc1. The topological polar surface area (TPSA) is 29.5 Å². The predicted molar refractivity (Wildman–Crippen MR) is 110 cm³/mol. The van der Waals surface area contributed by atoms with Gasteiger partial charge in [0.25, 0.3) is 0 Å². The second kappa shape index (κ2) is 10.9. The van der Waals surface area contributed by atoms with Crippen LogP contribution in [0, 0.1) is 0 Å². The van der Waals surface area contributed by atoms with Crippen LogP contribution < -0.4 is 0 Å². The lowest BCUT2D eigenvalue weighted by Crippen LogP contribution is -2.35. The van der Waals surface area contributed by atoms with Crippen molar-refractivity contribution in [3.63, 3.8) is 0 Å². The van der Waals surface area contributed by atoms with Gasteiger partial charge in [0.15, 0.2) is 0 Å². The smallest absolute Gasteiger partial charge is 0.222 e. The summed E-state index contributed by atoms with van der Waals surface area (Å²) < 4.78 is 5.71. The lowest BCUT2D eigenvalue weighted by Gasteiger charge is -2.25. The number of nitrogens with zero attached hydrogens (tertiary/aromatic N) is 1. The lowest BCUT2D eigenvalue weighted by atomic mass is 10.0. The molecule has 0 aliphatic carbocycles. The Morgan fingerprint density at radius 3 is 2.30 bits per heavy atom. The van der Waals surface area contributed by atoms with E-state index in [-0.39, 0.29) is 0 Å². The zero-order chi connectivity index (χ0) is 18.7. The largest absolute Gasteiger partial charge is 0.381 e. The molecule has 3 nitrogen and oxygen atoms in total. The van der Waals surface area contributed by atoms with Gasteiger partial charge in [-0.3, -0.25) is 4.79 Å². The van der Waals surface area contributed by atoms with Crippen LogP contribution in [0.2, 0.25) is 0 Å². The van der Waals surface area contributed by atoms with Crippen molar-refractivity contribution in [1.82, 2.24) is 4.90 Å². The first-order valence-corrected chi connectivity index (χ1v) is 10.3. The van der Waals surface area contributed by atoms with E-state index < -0.39 is 0 Å². The highest BCUT2D eigenvalue weighted by molar-refractivity contribution is 5.76. The number of rotatable bonds is 10. The number of aryl methyl sites for hydroxylation is 1. The molecule has 3 heteroatoms. The summed E-state index contributed by atoms with van der Waals surface area (Å²) in [5, 5.41) is 0. The predicted octanol–water partition coefficient (Wildman–Crippen LogP) is 4.65. The van der Waals surface area contributed by atoms with Crippen molar-refractivity contribution >= 4 is 5.91 Å². The van der Waals surface area contributed by atoms with Gasteiger partial charge in [-0.2, -0.15) is 0 Å². The van der Waals surface area contributed by atoms with Crippen LogP contribution in [0.25, 0.3) is 0 Å². The Bertz CT molecular complexity index is 671. The summed E-state index contributed by atoms with van der Waals surface area (Å²) in [6.07, 6.45) is 6.76. The third-order valence-electron chi connectivity index (χ3n) is 5.36. The molecule has 1 atom stereocenters. The van der Waals surface area contributed by atoms with E-state index in [0.29, 0.717) is 25.0 Å². The molecule has 0 bridgehead atoms. The maximum Gasteiger partial charge on any atom is 0.222 e. The van der Waals surface area contributed by atoms with Crippen LogP contribution in [-0.4, -0.2) is 36.6 Å².